The fraction of sp³-hybridized carbons (Fsp3) is 0.176. The lowest BCUT2D eigenvalue weighted by Crippen LogP contribution is -2.15. The summed E-state index contributed by atoms with van der Waals surface area (Å²) in [6.07, 6.45) is 0. The van der Waals surface area contributed by atoms with Gasteiger partial charge in [-0.2, -0.15) is 0 Å². The standard InChI is InChI=1S/C17H18N2O3/c1-3-22-16-11-7-5-9-14(16)17(20)18-15-10-6-4-8-13(15)12(2)19-21/h4-11,21H,3H2,1-2H3,(H,18,20)/b19-12+. The second kappa shape index (κ2) is 7.26. The summed E-state index contributed by atoms with van der Waals surface area (Å²) < 4.78 is 5.47. The molecule has 2 aromatic rings. The lowest BCUT2D eigenvalue weighted by atomic mass is 10.1. The van der Waals surface area contributed by atoms with Crippen LogP contribution in [0, 0.1) is 0 Å². The van der Waals surface area contributed by atoms with E-state index in [9.17, 15) is 4.79 Å². The maximum Gasteiger partial charge on any atom is 0.259 e. The zero-order chi connectivity index (χ0) is 15.9. The number of amides is 1. The highest BCUT2D eigenvalue weighted by molar-refractivity contribution is 6.11. The van der Waals surface area contributed by atoms with E-state index in [1.807, 2.05) is 19.1 Å². The molecule has 1 amide bonds. The van der Waals surface area contributed by atoms with Gasteiger partial charge < -0.3 is 15.3 Å². The van der Waals surface area contributed by atoms with E-state index in [2.05, 4.69) is 10.5 Å². The minimum Gasteiger partial charge on any atom is -0.493 e. The summed E-state index contributed by atoms with van der Waals surface area (Å²) in [5.74, 6) is 0.259. The number of carbonyl (C=O) groups excluding carboxylic acids is 1. The molecule has 0 aromatic heterocycles. The summed E-state index contributed by atoms with van der Waals surface area (Å²) >= 11 is 0. The van der Waals surface area contributed by atoms with Crippen LogP contribution < -0.4 is 10.1 Å². The van der Waals surface area contributed by atoms with Gasteiger partial charge in [0.1, 0.15) is 5.75 Å². The van der Waals surface area contributed by atoms with Gasteiger partial charge in [-0.1, -0.05) is 35.5 Å². The first-order valence-electron chi connectivity index (χ1n) is 6.98. The molecule has 0 bridgehead atoms. The van der Waals surface area contributed by atoms with E-state index in [0.717, 1.165) is 0 Å². The van der Waals surface area contributed by atoms with Crippen molar-refractivity contribution in [1.82, 2.24) is 0 Å². The van der Waals surface area contributed by atoms with Gasteiger partial charge in [0.25, 0.3) is 5.91 Å². The summed E-state index contributed by atoms with van der Waals surface area (Å²) in [6, 6.07) is 14.2. The molecule has 0 fully saturated rings. The summed E-state index contributed by atoms with van der Waals surface area (Å²) in [5, 5.41) is 15.0. The van der Waals surface area contributed by atoms with Crippen molar-refractivity contribution < 1.29 is 14.7 Å². The van der Waals surface area contributed by atoms with Gasteiger partial charge in [-0.15, -0.1) is 0 Å². The van der Waals surface area contributed by atoms with Crippen LogP contribution in [0.1, 0.15) is 29.8 Å². The smallest absolute Gasteiger partial charge is 0.259 e. The molecule has 0 aliphatic heterocycles. The van der Waals surface area contributed by atoms with Crippen LogP contribution in [0.5, 0.6) is 5.75 Å². The van der Waals surface area contributed by atoms with E-state index < -0.39 is 0 Å². The van der Waals surface area contributed by atoms with Crippen molar-refractivity contribution in [2.75, 3.05) is 11.9 Å². The van der Waals surface area contributed by atoms with Crippen LogP contribution in [0.2, 0.25) is 0 Å². The molecular formula is C17H18N2O3. The SMILES string of the molecule is CCOc1ccccc1C(=O)Nc1ccccc1/C(C)=N/O. The van der Waals surface area contributed by atoms with Crippen molar-refractivity contribution >= 4 is 17.3 Å². The number of anilines is 1. The van der Waals surface area contributed by atoms with Gasteiger partial charge >= 0.3 is 0 Å². The fourth-order valence-electron chi connectivity index (χ4n) is 2.09. The van der Waals surface area contributed by atoms with E-state index in [0.29, 0.717) is 34.9 Å². The molecule has 22 heavy (non-hydrogen) atoms. The summed E-state index contributed by atoms with van der Waals surface area (Å²) in [4.78, 5) is 12.5. The molecule has 0 aliphatic carbocycles. The molecule has 0 saturated carbocycles. The van der Waals surface area contributed by atoms with Crippen molar-refractivity contribution in [2.24, 2.45) is 5.16 Å². The maximum absolute atomic E-state index is 12.5. The Bertz CT molecular complexity index is 696. The third-order valence-corrected chi connectivity index (χ3v) is 3.15. The van der Waals surface area contributed by atoms with Crippen LogP contribution >= 0.6 is 0 Å². The van der Waals surface area contributed by atoms with Gasteiger partial charge in [0.2, 0.25) is 0 Å². The molecule has 0 radical (unpaired) electrons. The highest BCUT2D eigenvalue weighted by atomic mass is 16.5. The van der Waals surface area contributed by atoms with Gasteiger partial charge in [0, 0.05) is 5.56 Å². The van der Waals surface area contributed by atoms with Gasteiger partial charge in [-0.25, -0.2) is 0 Å². The molecule has 0 aliphatic rings. The second-order valence-electron chi connectivity index (χ2n) is 4.61. The number of carbonyl (C=O) groups is 1. The lowest BCUT2D eigenvalue weighted by Gasteiger charge is -2.12. The Labute approximate surface area is 129 Å². The van der Waals surface area contributed by atoms with Crippen molar-refractivity contribution in [3.63, 3.8) is 0 Å². The number of oxime groups is 1. The first kappa shape index (κ1) is 15.6. The van der Waals surface area contributed by atoms with E-state index in [1.54, 1.807) is 43.3 Å². The Morgan fingerprint density at radius 2 is 1.77 bits per heavy atom. The highest BCUT2D eigenvalue weighted by Crippen LogP contribution is 2.22. The molecule has 5 heteroatoms. The summed E-state index contributed by atoms with van der Waals surface area (Å²) in [5.41, 5.74) is 2.12. The Balaban J connectivity index is 2.31. The van der Waals surface area contributed by atoms with E-state index in [-0.39, 0.29) is 5.91 Å². The van der Waals surface area contributed by atoms with Crippen LogP contribution in [-0.2, 0) is 0 Å². The third kappa shape index (κ3) is 3.44. The van der Waals surface area contributed by atoms with Crippen LogP contribution in [0.4, 0.5) is 5.69 Å². The largest absolute Gasteiger partial charge is 0.493 e. The third-order valence-electron chi connectivity index (χ3n) is 3.15. The van der Waals surface area contributed by atoms with Gasteiger partial charge in [-0.05, 0) is 32.0 Å². The number of ether oxygens (including phenoxy) is 1. The fourth-order valence-corrected chi connectivity index (χ4v) is 2.09. The normalized spacial score (nSPS) is 11.1. The zero-order valence-electron chi connectivity index (χ0n) is 12.5. The minimum absolute atomic E-state index is 0.276. The Morgan fingerprint density at radius 3 is 2.45 bits per heavy atom. The minimum atomic E-state index is -0.276. The van der Waals surface area contributed by atoms with Crippen molar-refractivity contribution in [1.29, 1.82) is 0 Å². The Kier molecular flexibility index (Phi) is 5.14. The highest BCUT2D eigenvalue weighted by Gasteiger charge is 2.14. The average molecular weight is 298 g/mol. The van der Waals surface area contributed by atoms with E-state index in [1.165, 1.54) is 0 Å². The van der Waals surface area contributed by atoms with Crippen molar-refractivity contribution in [3.8, 4) is 5.75 Å². The molecule has 5 nitrogen and oxygen atoms in total. The molecule has 0 saturated heterocycles. The number of nitrogens with one attached hydrogen (secondary N) is 1. The molecule has 0 atom stereocenters. The zero-order valence-corrected chi connectivity index (χ0v) is 12.5. The van der Waals surface area contributed by atoms with E-state index in [4.69, 9.17) is 9.94 Å². The Hall–Kier alpha value is -2.82. The maximum atomic E-state index is 12.5. The van der Waals surface area contributed by atoms with Crippen LogP contribution in [-0.4, -0.2) is 23.4 Å². The molecule has 0 unspecified atom stereocenters. The quantitative estimate of drug-likeness (QED) is 0.504. The number of rotatable bonds is 5. The van der Waals surface area contributed by atoms with Crippen LogP contribution in [0.3, 0.4) is 0 Å². The topological polar surface area (TPSA) is 70.9 Å². The molecule has 114 valence electrons. The predicted octanol–water partition coefficient (Wildman–Crippen LogP) is 3.54. The van der Waals surface area contributed by atoms with Gasteiger partial charge in [0.05, 0.1) is 23.6 Å². The number of hydrogen-bond acceptors (Lipinski definition) is 4. The molecule has 0 spiro atoms. The monoisotopic (exact) mass is 298 g/mol. The summed E-state index contributed by atoms with van der Waals surface area (Å²) in [7, 11) is 0. The number of nitrogens with zero attached hydrogens (tertiary/aromatic N) is 1. The molecule has 2 N–H and O–H groups in total. The van der Waals surface area contributed by atoms with Gasteiger partial charge in [0.15, 0.2) is 0 Å². The molecule has 2 rings (SSSR count). The number of para-hydroxylation sites is 2. The molecular weight excluding hydrogens is 280 g/mol. The van der Waals surface area contributed by atoms with Crippen molar-refractivity contribution in [2.45, 2.75) is 13.8 Å². The van der Waals surface area contributed by atoms with Gasteiger partial charge in [-0.3, -0.25) is 4.79 Å². The Morgan fingerprint density at radius 1 is 1.14 bits per heavy atom. The number of hydrogen-bond donors (Lipinski definition) is 2. The molecule has 2 aromatic carbocycles. The molecule has 0 heterocycles. The first-order chi connectivity index (χ1) is 10.7. The van der Waals surface area contributed by atoms with Crippen molar-refractivity contribution in [3.05, 3.63) is 59.7 Å². The lowest BCUT2D eigenvalue weighted by molar-refractivity contribution is 0.102. The number of benzene rings is 2. The second-order valence-corrected chi connectivity index (χ2v) is 4.61. The predicted molar refractivity (Wildman–Crippen MR) is 86.0 cm³/mol. The average Bonchev–Trinajstić information content (AvgIpc) is 2.55. The first-order valence-corrected chi connectivity index (χ1v) is 6.98. The summed E-state index contributed by atoms with van der Waals surface area (Å²) in [6.45, 7) is 4.02. The van der Waals surface area contributed by atoms with E-state index >= 15 is 0 Å². The van der Waals surface area contributed by atoms with Crippen LogP contribution in [0.25, 0.3) is 0 Å². The van der Waals surface area contributed by atoms with Crippen LogP contribution in [0.15, 0.2) is 53.7 Å².